The molecule has 7 nitrogen and oxygen atoms in total. The second kappa shape index (κ2) is 8.62. The van der Waals surface area contributed by atoms with Gasteiger partial charge in [0.15, 0.2) is 6.23 Å². The number of nitrogens with zero attached hydrogens (tertiary/aromatic N) is 3. The van der Waals surface area contributed by atoms with E-state index in [9.17, 15) is 10.1 Å². The van der Waals surface area contributed by atoms with Gasteiger partial charge in [0.2, 0.25) is 0 Å². The van der Waals surface area contributed by atoms with Crippen LogP contribution in [0.15, 0.2) is 42.6 Å². The summed E-state index contributed by atoms with van der Waals surface area (Å²) in [6.45, 7) is 4.90. The van der Waals surface area contributed by atoms with Crippen molar-refractivity contribution in [3.05, 3.63) is 53.9 Å². The van der Waals surface area contributed by atoms with Crippen molar-refractivity contribution in [1.29, 1.82) is 5.26 Å². The van der Waals surface area contributed by atoms with Gasteiger partial charge in [0, 0.05) is 46.0 Å². The van der Waals surface area contributed by atoms with Crippen LogP contribution in [0.4, 0.5) is 0 Å². The molecule has 2 aromatic carbocycles. The number of methoxy groups -OCH3 is 1. The van der Waals surface area contributed by atoms with Crippen molar-refractivity contribution >= 4 is 27.8 Å². The molecule has 5 rings (SSSR count). The van der Waals surface area contributed by atoms with Crippen molar-refractivity contribution < 1.29 is 14.3 Å². The maximum Gasteiger partial charge on any atom is 0.337 e. The first-order chi connectivity index (χ1) is 16.4. The molecule has 3 heterocycles. The Labute approximate surface area is 198 Å². The SMILES string of the molecule is COC(=O)c1ccc(-c2c(C(C)(C)CC#N)[nH]c3cc4cnn(C5CCCCO5)c4cc23)cc1. The van der Waals surface area contributed by atoms with Crippen molar-refractivity contribution in [2.24, 2.45) is 0 Å². The lowest BCUT2D eigenvalue weighted by atomic mass is 9.82. The fourth-order valence-electron chi connectivity index (χ4n) is 4.87. The highest BCUT2D eigenvalue weighted by Gasteiger charge is 2.29. The number of hydrogen-bond donors (Lipinski definition) is 1. The monoisotopic (exact) mass is 456 g/mol. The summed E-state index contributed by atoms with van der Waals surface area (Å²) in [7, 11) is 1.38. The number of nitriles is 1. The topological polar surface area (TPSA) is 92.9 Å². The van der Waals surface area contributed by atoms with E-state index >= 15 is 0 Å². The molecule has 7 heteroatoms. The zero-order valence-corrected chi connectivity index (χ0v) is 19.7. The minimum absolute atomic E-state index is 0.0556. The van der Waals surface area contributed by atoms with E-state index in [4.69, 9.17) is 9.47 Å². The maximum atomic E-state index is 12.0. The van der Waals surface area contributed by atoms with E-state index in [1.165, 1.54) is 7.11 Å². The van der Waals surface area contributed by atoms with E-state index in [1.54, 1.807) is 12.1 Å². The summed E-state index contributed by atoms with van der Waals surface area (Å²) < 4.78 is 12.9. The highest BCUT2D eigenvalue weighted by Crippen LogP contribution is 2.42. The van der Waals surface area contributed by atoms with Crippen molar-refractivity contribution in [2.45, 2.75) is 51.2 Å². The van der Waals surface area contributed by atoms with Crippen LogP contribution in [0.25, 0.3) is 32.9 Å². The molecule has 174 valence electrons. The van der Waals surface area contributed by atoms with Crippen molar-refractivity contribution in [3.63, 3.8) is 0 Å². The highest BCUT2D eigenvalue weighted by atomic mass is 16.5. The Balaban J connectivity index is 1.72. The summed E-state index contributed by atoms with van der Waals surface area (Å²) in [6.07, 6.45) is 5.36. The summed E-state index contributed by atoms with van der Waals surface area (Å²) in [4.78, 5) is 15.6. The van der Waals surface area contributed by atoms with Crippen LogP contribution in [-0.4, -0.2) is 34.5 Å². The molecule has 1 unspecified atom stereocenters. The van der Waals surface area contributed by atoms with Gasteiger partial charge < -0.3 is 14.5 Å². The summed E-state index contributed by atoms with van der Waals surface area (Å²) in [6, 6.07) is 14.0. The van der Waals surface area contributed by atoms with Crippen LogP contribution in [0.5, 0.6) is 0 Å². The molecule has 0 aliphatic carbocycles. The number of nitrogens with one attached hydrogen (secondary N) is 1. The molecular weight excluding hydrogens is 428 g/mol. The van der Waals surface area contributed by atoms with E-state index in [-0.39, 0.29) is 12.2 Å². The number of aromatic nitrogens is 3. The second-order valence-electron chi connectivity index (χ2n) is 9.53. The van der Waals surface area contributed by atoms with E-state index in [0.29, 0.717) is 12.0 Å². The van der Waals surface area contributed by atoms with Crippen molar-refractivity contribution in [2.75, 3.05) is 13.7 Å². The van der Waals surface area contributed by atoms with E-state index in [0.717, 1.165) is 64.5 Å². The molecule has 0 radical (unpaired) electrons. The predicted octanol–water partition coefficient (Wildman–Crippen LogP) is 5.86. The molecule has 0 amide bonds. The van der Waals surface area contributed by atoms with Crippen LogP contribution in [-0.2, 0) is 14.9 Å². The average Bonchev–Trinajstić information content (AvgIpc) is 3.44. The van der Waals surface area contributed by atoms with Gasteiger partial charge in [0.25, 0.3) is 0 Å². The fraction of sp³-hybridized carbons (Fsp3) is 0.370. The largest absolute Gasteiger partial charge is 0.465 e. The van der Waals surface area contributed by atoms with Gasteiger partial charge >= 0.3 is 5.97 Å². The van der Waals surface area contributed by atoms with E-state index in [2.05, 4.69) is 42.1 Å². The maximum absolute atomic E-state index is 12.0. The van der Waals surface area contributed by atoms with Gasteiger partial charge in [-0.3, -0.25) is 0 Å². The summed E-state index contributed by atoms with van der Waals surface area (Å²) >= 11 is 0. The number of rotatable bonds is 5. The number of aromatic amines is 1. The molecule has 0 bridgehead atoms. The Morgan fingerprint density at radius 2 is 2.09 bits per heavy atom. The van der Waals surface area contributed by atoms with E-state index in [1.807, 2.05) is 23.0 Å². The van der Waals surface area contributed by atoms with Crippen molar-refractivity contribution in [1.82, 2.24) is 14.8 Å². The number of H-pyrrole nitrogens is 1. The lowest BCUT2D eigenvalue weighted by Gasteiger charge is -2.23. The van der Waals surface area contributed by atoms with Crippen LogP contribution in [0.3, 0.4) is 0 Å². The first kappa shape index (κ1) is 22.2. The number of ether oxygens (including phenoxy) is 2. The highest BCUT2D eigenvalue weighted by molar-refractivity contribution is 6.05. The number of carbonyl (C=O) groups is 1. The molecule has 4 aromatic rings. The predicted molar refractivity (Wildman–Crippen MR) is 130 cm³/mol. The Bertz CT molecular complexity index is 1400. The number of benzene rings is 2. The van der Waals surface area contributed by atoms with Gasteiger partial charge in [-0.15, -0.1) is 0 Å². The molecule has 1 aliphatic heterocycles. The standard InChI is InChI=1S/C27H28N4O3/c1-27(2,11-12-28)25-24(17-7-9-18(10-8-17)26(32)33-3)20-15-22-19(14-21(20)30-25)16-29-31(22)23-6-4-5-13-34-23/h7-10,14-16,23,30H,4-6,11,13H2,1-3H3. The molecule has 0 saturated carbocycles. The van der Waals surface area contributed by atoms with Crippen LogP contribution in [0, 0.1) is 11.3 Å². The normalized spacial score (nSPS) is 16.6. The first-order valence-electron chi connectivity index (χ1n) is 11.6. The molecule has 1 fully saturated rings. The summed E-state index contributed by atoms with van der Waals surface area (Å²) in [5.74, 6) is -0.367. The third-order valence-corrected chi connectivity index (χ3v) is 6.73. The molecule has 1 saturated heterocycles. The summed E-state index contributed by atoms with van der Waals surface area (Å²) in [5.41, 5.74) is 5.12. The molecule has 34 heavy (non-hydrogen) atoms. The average molecular weight is 457 g/mol. The second-order valence-corrected chi connectivity index (χ2v) is 9.53. The van der Waals surface area contributed by atoms with Gasteiger partial charge in [0.05, 0.1) is 30.5 Å². The zero-order chi connectivity index (χ0) is 23.9. The molecule has 1 aliphatic rings. The molecule has 0 spiro atoms. The first-order valence-corrected chi connectivity index (χ1v) is 11.6. The third-order valence-electron chi connectivity index (χ3n) is 6.73. The van der Waals surface area contributed by atoms with Crippen LogP contribution < -0.4 is 0 Å². The van der Waals surface area contributed by atoms with Crippen LogP contribution in [0.1, 0.15) is 61.8 Å². The molecule has 1 N–H and O–H groups in total. The quantitative estimate of drug-likeness (QED) is 0.380. The molecular formula is C27H28N4O3. The van der Waals surface area contributed by atoms with Gasteiger partial charge in [0.1, 0.15) is 0 Å². The minimum atomic E-state index is -0.394. The summed E-state index contributed by atoms with van der Waals surface area (Å²) in [5, 5.41) is 16.2. The van der Waals surface area contributed by atoms with Gasteiger partial charge in [-0.05, 0) is 49.1 Å². The Morgan fingerprint density at radius 1 is 1.29 bits per heavy atom. The zero-order valence-electron chi connectivity index (χ0n) is 19.7. The van der Waals surface area contributed by atoms with Gasteiger partial charge in [-0.2, -0.15) is 10.4 Å². The van der Waals surface area contributed by atoms with E-state index < -0.39 is 5.41 Å². The minimum Gasteiger partial charge on any atom is -0.465 e. The smallest absolute Gasteiger partial charge is 0.337 e. The Hall–Kier alpha value is -3.63. The lowest BCUT2D eigenvalue weighted by molar-refractivity contribution is -0.0366. The lowest BCUT2D eigenvalue weighted by Crippen LogP contribution is -2.18. The van der Waals surface area contributed by atoms with Gasteiger partial charge in [-0.25, -0.2) is 9.48 Å². The fourth-order valence-corrected chi connectivity index (χ4v) is 4.87. The Kier molecular flexibility index (Phi) is 5.62. The number of hydrogen-bond acceptors (Lipinski definition) is 5. The van der Waals surface area contributed by atoms with Crippen LogP contribution >= 0.6 is 0 Å². The number of esters is 1. The van der Waals surface area contributed by atoms with Crippen molar-refractivity contribution in [3.8, 4) is 17.2 Å². The number of fused-ring (bicyclic) bond motifs is 2. The molecule has 2 aromatic heterocycles. The van der Waals surface area contributed by atoms with Gasteiger partial charge in [-0.1, -0.05) is 26.0 Å². The van der Waals surface area contributed by atoms with Crippen LogP contribution in [0.2, 0.25) is 0 Å². The molecule has 1 atom stereocenters. The Morgan fingerprint density at radius 3 is 2.76 bits per heavy atom. The number of carbonyl (C=O) groups excluding carboxylic acids is 1. The third kappa shape index (κ3) is 3.74.